The maximum Gasteiger partial charge on any atom is 0.121 e. The Labute approximate surface area is 109 Å². The molecule has 1 atom stereocenters. The van der Waals surface area contributed by atoms with E-state index in [9.17, 15) is 0 Å². The molecule has 0 radical (unpaired) electrons. The van der Waals surface area contributed by atoms with Crippen molar-refractivity contribution in [2.75, 3.05) is 18.0 Å². The average Bonchev–Trinajstić information content (AvgIpc) is 2.39. The van der Waals surface area contributed by atoms with Gasteiger partial charge in [-0.05, 0) is 36.5 Å². The second kappa shape index (κ2) is 4.99. The Morgan fingerprint density at radius 3 is 2.56 bits per heavy atom. The summed E-state index contributed by atoms with van der Waals surface area (Å²) >= 11 is 0. The molecule has 1 aromatic carbocycles. The molecule has 0 saturated carbocycles. The molecule has 1 aromatic rings. The van der Waals surface area contributed by atoms with Gasteiger partial charge in [0, 0.05) is 18.8 Å². The van der Waals surface area contributed by atoms with Crippen molar-refractivity contribution in [1.82, 2.24) is 0 Å². The van der Waals surface area contributed by atoms with E-state index in [4.69, 9.17) is 11.0 Å². The zero-order valence-corrected chi connectivity index (χ0v) is 11.2. The molecule has 18 heavy (non-hydrogen) atoms. The molecule has 1 aliphatic heterocycles. The molecule has 2 rings (SSSR count). The fourth-order valence-electron chi connectivity index (χ4n) is 2.47. The molecule has 0 amide bonds. The van der Waals surface area contributed by atoms with Crippen LogP contribution < -0.4 is 10.6 Å². The first-order chi connectivity index (χ1) is 8.54. The average molecular weight is 243 g/mol. The second-order valence-electron chi connectivity index (χ2n) is 5.54. The molecular weight excluding hydrogens is 222 g/mol. The molecule has 2 N–H and O–H groups in total. The van der Waals surface area contributed by atoms with E-state index in [0.717, 1.165) is 19.4 Å². The van der Waals surface area contributed by atoms with E-state index in [0.29, 0.717) is 12.5 Å². The molecule has 0 aliphatic carbocycles. The summed E-state index contributed by atoms with van der Waals surface area (Å²) < 4.78 is 0. The van der Waals surface area contributed by atoms with Crippen LogP contribution in [0.3, 0.4) is 0 Å². The Balaban J connectivity index is 2.14. The largest absolute Gasteiger partial charge is 0.369 e. The van der Waals surface area contributed by atoms with Crippen LogP contribution in [-0.2, 0) is 0 Å². The van der Waals surface area contributed by atoms with E-state index >= 15 is 0 Å². The van der Waals surface area contributed by atoms with Crippen LogP contribution in [0.15, 0.2) is 24.3 Å². The van der Waals surface area contributed by atoms with Crippen LogP contribution in [0.1, 0.15) is 38.2 Å². The third-order valence-corrected chi connectivity index (χ3v) is 3.67. The zero-order valence-electron chi connectivity index (χ0n) is 11.2. The van der Waals surface area contributed by atoms with Crippen molar-refractivity contribution in [2.45, 2.75) is 38.1 Å². The monoisotopic (exact) mass is 243 g/mol. The van der Waals surface area contributed by atoms with Crippen LogP contribution in [-0.4, -0.2) is 18.6 Å². The number of nitrogens with two attached hydrogens (primary N) is 1. The summed E-state index contributed by atoms with van der Waals surface area (Å²) in [5.74, 6) is 0.549. The second-order valence-corrected chi connectivity index (χ2v) is 5.54. The van der Waals surface area contributed by atoms with Gasteiger partial charge < -0.3 is 10.6 Å². The van der Waals surface area contributed by atoms with Gasteiger partial charge in [-0.15, -0.1) is 0 Å². The smallest absolute Gasteiger partial charge is 0.121 e. The van der Waals surface area contributed by atoms with E-state index < -0.39 is 5.54 Å². The molecule has 3 heteroatoms. The number of piperidine rings is 1. The van der Waals surface area contributed by atoms with Gasteiger partial charge in [0.05, 0.1) is 6.07 Å². The molecule has 1 fully saturated rings. The van der Waals surface area contributed by atoms with Crippen molar-refractivity contribution in [3.63, 3.8) is 0 Å². The third kappa shape index (κ3) is 2.65. The first-order valence-electron chi connectivity index (χ1n) is 6.59. The number of hydrogen-bond acceptors (Lipinski definition) is 3. The summed E-state index contributed by atoms with van der Waals surface area (Å²) in [5.41, 5.74) is 7.89. The van der Waals surface area contributed by atoms with Crippen LogP contribution in [0, 0.1) is 11.3 Å². The standard InChI is InChI=1S/C15H21N3/c1-12(2)13-4-6-14(7-5-13)18-9-3-8-15(17,10-16)11-18/h4-7,12H,3,8-9,11,17H2,1-2H3. The van der Waals surface area contributed by atoms with Crippen LogP contribution in [0.5, 0.6) is 0 Å². The van der Waals surface area contributed by atoms with Gasteiger partial charge in [-0.2, -0.15) is 5.26 Å². The van der Waals surface area contributed by atoms with Crippen molar-refractivity contribution in [1.29, 1.82) is 5.26 Å². The highest BCUT2D eigenvalue weighted by atomic mass is 15.2. The van der Waals surface area contributed by atoms with Crippen molar-refractivity contribution >= 4 is 5.69 Å². The van der Waals surface area contributed by atoms with Crippen LogP contribution in [0.4, 0.5) is 5.69 Å². The third-order valence-electron chi connectivity index (χ3n) is 3.67. The van der Waals surface area contributed by atoms with Crippen LogP contribution >= 0.6 is 0 Å². The highest BCUT2D eigenvalue weighted by Crippen LogP contribution is 2.25. The summed E-state index contributed by atoms with van der Waals surface area (Å²) in [6.45, 7) is 6.00. The number of benzene rings is 1. The fourth-order valence-corrected chi connectivity index (χ4v) is 2.47. The SMILES string of the molecule is CC(C)c1ccc(N2CCCC(N)(C#N)C2)cc1. The number of hydrogen-bond donors (Lipinski definition) is 1. The summed E-state index contributed by atoms with van der Waals surface area (Å²) in [7, 11) is 0. The highest BCUT2D eigenvalue weighted by Gasteiger charge is 2.31. The summed E-state index contributed by atoms with van der Waals surface area (Å²) in [6, 6.07) is 10.9. The van der Waals surface area contributed by atoms with E-state index in [-0.39, 0.29) is 0 Å². The van der Waals surface area contributed by atoms with Crippen molar-refractivity contribution in [3.8, 4) is 6.07 Å². The van der Waals surface area contributed by atoms with Gasteiger partial charge in [-0.3, -0.25) is 0 Å². The van der Waals surface area contributed by atoms with Gasteiger partial charge in [0.15, 0.2) is 0 Å². The van der Waals surface area contributed by atoms with Gasteiger partial charge in [0.2, 0.25) is 0 Å². The number of rotatable bonds is 2. The lowest BCUT2D eigenvalue weighted by atomic mass is 9.91. The summed E-state index contributed by atoms with van der Waals surface area (Å²) in [5, 5.41) is 9.13. The minimum atomic E-state index is -0.686. The quantitative estimate of drug-likeness (QED) is 0.868. The van der Waals surface area contributed by atoms with E-state index in [1.54, 1.807) is 0 Å². The summed E-state index contributed by atoms with van der Waals surface area (Å²) in [4.78, 5) is 2.22. The molecule has 0 bridgehead atoms. The summed E-state index contributed by atoms with van der Waals surface area (Å²) in [6.07, 6.45) is 1.78. The van der Waals surface area contributed by atoms with E-state index in [2.05, 4.69) is 49.1 Å². The molecule has 1 saturated heterocycles. The number of anilines is 1. The van der Waals surface area contributed by atoms with Crippen LogP contribution in [0.25, 0.3) is 0 Å². The molecule has 96 valence electrons. The van der Waals surface area contributed by atoms with Gasteiger partial charge in [0.1, 0.15) is 5.54 Å². The fraction of sp³-hybridized carbons (Fsp3) is 0.533. The minimum absolute atomic E-state index is 0.549. The molecular formula is C15H21N3. The first-order valence-corrected chi connectivity index (χ1v) is 6.59. The van der Waals surface area contributed by atoms with Crippen molar-refractivity contribution < 1.29 is 0 Å². The van der Waals surface area contributed by atoms with Gasteiger partial charge in [0.25, 0.3) is 0 Å². The molecule has 0 spiro atoms. The number of nitrogens with zero attached hydrogens (tertiary/aromatic N) is 2. The topological polar surface area (TPSA) is 53.0 Å². The predicted molar refractivity (Wildman–Crippen MR) is 74.5 cm³/mol. The highest BCUT2D eigenvalue weighted by molar-refractivity contribution is 5.49. The molecule has 1 aliphatic rings. The van der Waals surface area contributed by atoms with Crippen LogP contribution in [0.2, 0.25) is 0 Å². The van der Waals surface area contributed by atoms with Crippen molar-refractivity contribution in [3.05, 3.63) is 29.8 Å². The lowest BCUT2D eigenvalue weighted by molar-refractivity contribution is 0.424. The molecule has 0 aromatic heterocycles. The normalized spacial score (nSPS) is 24.1. The van der Waals surface area contributed by atoms with E-state index in [1.165, 1.54) is 11.3 Å². The van der Waals surface area contributed by atoms with Gasteiger partial charge >= 0.3 is 0 Å². The van der Waals surface area contributed by atoms with Gasteiger partial charge in [-0.25, -0.2) is 0 Å². The lowest BCUT2D eigenvalue weighted by Crippen LogP contribution is -2.53. The number of nitriles is 1. The Bertz CT molecular complexity index is 444. The molecule has 1 unspecified atom stereocenters. The maximum absolute atomic E-state index is 9.13. The molecule has 3 nitrogen and oxygen atoms in total. The maximum atomic E-state index is 9.13. The predicted octanol–water partition coefficient (Wildman–Crippen LogP) is 2.63. The first kappa shape index (κ1) is 12.9. The van der Waals surface area contributed by atoms with Crippen molar-refractivity contribution in [2.24, 2.45) is 5.73 Å². The molecule has 1 heterocycles. The zero-order chi connectivity index (χ0) is 13.2. The Morgan fingerprint density at radius 2 is 2.00 bits per heavy atom. The Hall–Kier alpha value is -1.53. The Morgan fingerprint density at radius 1 is 1.33 bits per heavy atom. The van der Waals surface area contributed by atoms with E-state index in [1.807, 2.05) is 0 Å². The lowest BCUT2D eigenvalue weighted by Gasteiger charge is -2.37. The van der Waals surface area contributed by atoms with Gasteiger partial charge in [-0.1, -0.05) is 26.0 Å². The Kier molecular flexibility index (Phi) is 3.58. The minimum Gasteiger partial charge on any atom is -0.369 e.